The summed E-state index contributed by atoms with van der Waals surface area (Å²) in [5.74, 6) is 2.23. The monoisotopic (exact) mass is 274 g/mol. The molecule has 1 aromatic rings. The van der Waals surface area contributed by atoms with E-state index in [0.717, 1.165) is 18.9 Å². The molecule has 0 bridgehead atoms. The van der Waals surface area contributed by atoms with Crippen LogP contribution in [0.1, 0.15) is 36.2 Å². The molecule has 1 saturated heterocycles. The van der Waals surface area contributed by atoms with E-state index in [4.69, 9.17) is 0 Å². The highest BCUT2D eigenvalue weighted by atomic mass is 16.2. The van der Waals surface area contributed by atoms with Gasteiger partial charge in [0, 0.05) is 27.2 Å². The molecule has 5 nitrogen and oxygen atoms in total. The van der Waals surface area contributed by atoms with E-state index in [1.54, 1.807) is 6.07 Å². The number of likely N-dealkylation sites (tertiary alicyclic amines) is 1. The van der Waals surface area contributed by atoms with Crippen LogP contribution < -0.4 is 4.90 Å². The second-order valence-corrected chi connectivity index (χ2v) is 6.19. The largest absolute Gasteiger partial charge is 0.361 e. The van der Waals surface area contributed by atoms with E-state index in [9.17, 15) is 4.79 Å². The Morgan fingerprint density at radius 2 is 1.80 bits per heavy atom. The standard InChI is InChI=1S/C15H22N4O/c1-18(2)14-8-7-13(16-17-14)15(20)19-9-11-5-3-4-6-12(11)10-19/h7-8,11-12H,3-6,9-10H2,1-2H3. The first-order valence-corrected chi connectivity index (χ1v) is 7.45. The first-order chi connectivity index (χ1) is 9.65. The van der Waals surface area contributed by atoms with Gasteiger partial charge >= 0.3 is 0 Å². The minimum atomic E-state index is 0.0391. The van der Waals surface area contributed by atoms with Crippen LogP contribution in [0.3, 0.4) is 0 Å². The minimum Gasteiger partial charge on any atom is -0.361 e. The van der Waals surface area contributed by atoms with Crippen molar-refractivity contribution < 1.29 is 4.79 Å². The Morgan fingerprint density at radius 1 is 1.15 bits per heavy atom. The fourth-order valence-corrected chi connectivity index (χ4v) is 3.41. The lowest BCUT2D eigenvalue weighted by molar-refractivity contribution is 0.0777. The highest BCUT2D eigenvalue weighted by molar-refractivity contribution is 5.92. The van der Waals surface area contributed by atoms with Gasteiger partial charge in [-0.1, -0.05) is 12.8 Å². The Hall–Kier alpha value is -1.65. The van der Waals surface area contributed by atoms with Crippen LogP contribution in [0.5, 0.6) is 0 Å². The summed E-state index contributed by atoms with van der Waals surface area (Å²) in [7, 11) is 3.83. The van der Waals surface area contributed by atoms with Crippen molar-refractivity contribution in [2.24, 2.45) is 11.8 Å². The topological polar surface area (TPSA) is 49.3 Å². The highest BCUT2D eigenvalue weighted by Gasteiger charge is 2.37. The molecule has 0 spiro atoms. The number of hydrogen-bond donors (Lipinski definition) is 0. The average molecular weight is 274 g/mol. The average Bonchev–Trinajstić information content (AvgIpc) is 2.90. The zero-order chi connectivity index (χ0) is 14.1. The SMILES string of the molecule is CN(C)c1ccc(C(=O)N2CC3CCCCC3C2)nn1. The molecule has 1 aromatic heterocycles. The lowest BCUT2D eigenvalue weighted by Gasteiger charge is -2.22. The smallest absolute Gasteiger partial charge is 0.274 e. The van der Waals surface area contributed by atoms with Crippen LogP contribution in [0, 0.1) is 11.8 Å². The lowest BCUT2D eigenvalue weighted by Crippen LogP contribution is -2.30. The van der Waals surface area contributed by atoms with Gasteiger partial charge in [0.05, 0.1) is 0 Å². The maximum absolute atomic E-state index is 12.5. The molecular formula is C15H22N4O. The van der Waals surface area contributed by atoms with Gasteiger partial charge in [0.1, 0.15) is 0 Å². The molecule has 2 aliphatic rings. The number of anilines is 1. The van der Waals surface area contributed by atoms with E-state index < -0.39 is 0 Å². The summed E-state index contributed by atoms with van der Waals surface area (Å²) < 4.78 is 0. The van der Waals surface area contributed by atoms with E-state index in [1.165, 1.54) is 25.7 Å². The minimum absolute atomic E-state index is 0.0391. The van der Waals surface area contributed by atoms with E-state index >= 15 is 0 Å². The number of hydrogen-bond acceptors (Lipinski definition) is 4. The number of rotatable bonds is 2. The van der Waals surface area contributed by atoms with Gasteiger partial charge in [-0.15, -0.1) is 10.2 Å². The number of fused-ring (bicyclic) bond motifs is 1. The van der Waals surface area contributed by atoms with Gasteiger partial charge in [-0.2, -0.15) is 0 Å². The zero-order valence-corrected chi connectivity index (χ0v) is 12.2. The second kappa shape index (κ2) is 5.38. The first-order valence-electron chi connectivity index (χ1n) is 7.45. The quantitative estimate of drug-likeness (QED) is 0.825. The van der Waals surface area contributed by atoms with E-state index in [0.29, 0.717) is 17.5 Å². The molecule has 1 saturated carbocycles. The predicted molar refractivity (Wildman–Crippen MR) is 77.7 cm³/mol. The molecule has 2 unspecified atom stereocenters. The van der Waals surface area contributed by atoms with Crippen molar-refractivity contribution in [3.63, 3.8) is 0 Å². The number of carbonyl (C=O) groups excluding carboxylic acids is 1. The van der Waals surface area contributed by atoms with Gasteiger partial charge in [-0.25, -0.2) is 0 Å². The molecule has 2 heterocycles. The van der Waals surface area contributed by atoms with Crippen molar-refractivity contribution in [2.45, 2.75) is 25.7 Å². The summed E-state index contributed by atoms with van der Waals surface area (Å²) in [5.41, 5.74) is 0.467. The molecule has 3 rings (SSSR count). The summed E-state index contributed by atoms with van der Waals surface area (Å²) in [6.45, 7) is 1.81. The third kappa shape index (κ3) is 2.49. The van der Waals surface area contributed by atoms with E-state index in [1.807, 2.05) is 30.0 Å². The molecule has 5 heteroatoms. The van der Waals surface area contributed by atoms with Crippen molar-refractivity contribution in [1.29, 1.82) is 0 Å². The zero-order valence-electron chi connectivity index (χ0n) is 12.2. The molecule has 2 atom stereocenters. The number of amides is 1. The van der Waals surface area contributed by atoms with Crippen LogP contribution in [-0.4, -0.2) is 48.2 Å². The van der Waals surface area contributed by atoms with Crippen LogP contribution >= 0.6 is 0 Å². The van der Waals surface area contributed by atoms with Crippen LogP contribution in [-0.2, 0) is 0 Å². The second-order valence-electron chi connectivity index (χ2n) is 6.19. The van der Waals surface area contributed by atoms with Gasteiger partial charge < -0.3 is 9.80 Å². The molecule has 1 amide bonds. The molecule has 0 aromatic carbocycles. The van der Waals surface area contributed by atoms with Crippen LogP contribution in [0.15, 0.2) is 12.1 Å². The molecule has 108 valence electrons. The Bertz CT molecular complexity index is 471. The van der Waals surface area contributed by atoms with E-state index in [2.05, 4.69) is 10.2 Å². The van der Waals surface area contributed by atoms with E-state index in [-0.39, 0.29) is 5.91 Å². The fraction of sp³-hybridized carbons (Fsp3) is 0.667. The van der Waals surface area contributed by atoms with Gasteiger partial charge in [0.15, 0.2) is 11.5 Å². The summed E-state index contributed by atoms with van der Waals surface area (Å²) in [6.07, 6.45) is 5.19. The summed E-state index contributed by atoms with van der Waals surface area (Å²) in [5, 5.41) is 8.17. The molecular weight excluding hydrogens is 252 g/mol. The Kier molecular flexibility index (Phi) is 3.59. The predicted octanol–water partition coefficient (Wildman–Crippen LogP) is 1.80. The van der Waals surface area contributed by atoms with Crippen molar-refractivity contribution in [3.8, 4) is 0 Å². The third-order valence-corrected chi connectivity index (χ3v) is 4.59. The van der Waals surface area contributed by atoms with Crippen molar-refractivity contribution in [3.05, 3.63) is 17.8 Å². The molecule has 1 aliphatic carbocycles. The lowest BCUT2D eigenvalue weighted by atomic mass is 9.82. The summed E-state index contributed by atoms with van der Waals surface area (Å²) in [6, 6.07) is 3.63. The van der Waals surface area contributed by atoms with Gasteiger partial charge in [0.2, 0.25) is 0 Å². The third-order valence-electron chi connectivity index (χ3n) is 4.59. The van der Waals surface area contributed by atoms with Gasteiger partial charge in [0.25, 0.3) is 5.91 Å². The fourth-order valence-electron chi connectivity index (χ4n) is 3.41. The van der Waals surface area contributed by atoms with Gasteiger partial charge in [-0.3, -0.25) is 4.79 Å². The number of aromatic nitrogens is 2. The first kappa shape index (κ1) is 13.3. The maximum atomic E-state index is 12.5. The van der Waals surface area contributed by atoms with Gasteiger partial charge in [-0.05, 0) is 36.8 Å². The highest BCUT2D eigenvalue weighted by Crippen LogP contribution is 2.36. The molecule has 0 N–H and O–H groups in total. The molecule has 2 fully saturated rings. The molecule has 20 heavy (non-hydrogen) atoms. The number of carbonyl (C=O) groups is 1. The Labute approximate surface area is 120 Å². The van der Waals surface area contributed by atoms with Crippen molar-refractivity contribution in [2.75, 3.05) is 32.1 Å². The van der Waals surface area contributed by atoms with Crippen LogP contribution in [0.25, 0.3) is 0 Å². The molecule has 1 aliphatic heterocycles. The summed E-state index contributed by atoms with van der Waals surface area (Å²) >= 11 is 0. The van der Waals surface area contributed by atoms with Crippen molar-refractivity contribution >= 4 is 11.7 Å². The Morgan fingerprint density at radius 3 is 2.30 bits per heavy atom. The summed E-state index contributed by atoms with van der Waals surface area (Å²) in [4.78, 5) is 16.3. The molecule has 0 radical (unpaired) electrons. The normalized spacial score (nSPS) is 25.4. The maximum Gasteiger partial charge on any atom is 0.274 e. The van der Waals surface area contributed by atoms with Crippen molar-refractivity contribution in [1.82, 2.24) is 15.1 Å². The number of nitrogens with zero attached hydrogens (tertiary/aromatic N) is 4. The Balaban J connectivity index is 1.69. The van der Waals surface area contributed by atoms with Crippen LogP contribution in [0.2, 0.25) is 0 Å². The van der Waals surface area contributed by atoms with Crippen LogP contribution in [0.4, 0.5) is 5.82 Å².